The van der Waals surface area contributed by atoms with Gasteiger partial charge in [0.25, 0.3) is 0 Å². The maximum absolute atomic E-state index is 2.73. The van der Waals surface area contributed by atoms with Gasteiger partial charge in [-0.25, -0.2) is 0 Å². The molecule has 0 fully saturated rings. The average Bonchev–Trinajstić information content (AvgIpc) is 3.59. The summed E-state index contributed by atoms with van der Waals surface area (Å²) in [6, 6.07) is 64.8. The molecule has 14 rings (SSSR count). The molecule has 0 aromatic heterocycles. The standard InChI is InChI=1S/C57H35N/c1-4-16-34(17-5-1)37-30-46-42-26-14-24-40-44(35-18-6-2-7-19-35)32-50-55(52(40)42)58-54(46)47(31-37)43-27-15-25-41-45(36-20-8-3-9-21-36)33-51(56(58)53(41)43)57(50)48-28-12-10-22-38(48)39-23-11-13-29-49(39)57/h1-2,4-8,10-33H,3,9H2. The van der Waals surface area contributed by atoms with E-state index in [0.717, 1.165) is 12.8 Å². The number of anilines is 3. The summed E-state index contributed by atoms with van der Waals surface area (Å²) in [5, 5.41) is 5.30. The Labute approximate surface area is 337 Å². The lowest BCUT2D eigenvalue weighted by molar-refractivity contribution is 0.756. The first kappa shape index (κ1) is 30.9. The summed E-state index contributed by atoms with van der Waals surface area (Å²) in [7, 11) is 0. The van der Waals surface area contributed by atoms with Gasteiger partial charge >= 0.3 is 0 Å². The van der Waals surface area contributed by atoms with E-state index in [-0.39, 0.29) is 0 Å². The minimum absolute atomic E-state index is 0.562. The minimum atomic E-state index is -0.562. The SMILES string of the molecule is C1=CC(c2cc3c4c5c(cccc25)-c2cc(-c5ccccc5)cc5c2N4c2c(cc(-c4ccccc4)c4cccc-5c24)C32c3ccccc3-c3ccccc32)=CCC1. The fourth-order valence-electron chi connectivity index (χ4n) is 11.7. The van der Waals surface area contributed by atoms with Crippen LogP contribution in [0.25, 0.3) is 82.8 Å². The molecule has 0 saturated heterocycles. The van der Waals surface area contributed by atoms with Crippen molar-refractivity contribution < 1.29 is 0 Å². The molecule has 1 spiro atoms. The monoisotopic (exact) mass is 733 g/mol. The van der Waals surface area contributed by atoms with E-state index in [1.165, 1.54) is 128 Å². The van der Waals surface area contributed by atoms with Crippen LogP contribution in [0.2, 0.25) is 0 Å². The molecule has 1 heteroatoms. The van der Waals surface area contributed by atoms with Crippen LogP contribution in [0.5, 0.6) is 0 Å². The summed E-state index contributed by atoms with van der Waals surface area (Å²) in [6.07, 6.45) is 9.33. The van der Waals surface area contributed by atoms with Crippen molar-refractivity contribution in [3.8, 4) is 55.6 Å². The third-order valence-electron chi connectivity index (χ3n) is 13.9. The molecular formula is C57H35N. The summed E-state index contributed by atoms with van der Waals surface area (Å²) >= 11 is 0. The van der Waals surface area contributed by atoms with Gasteiger partial charge in [-0.1, -0.05) is 164 Å². The van der Waals surface area contributed by atoms with E-state index in [2.05, 4.69) is 193 Å². The summed E-state index contributed by atoms with van der Waals surface area (Å²) < 4.78 is 0. The molecule has 2 aliphatic carbocycles. The van der Waals surface area contributed by atoms with E-state index < -0.39 is 5.41 Å². The zero-order valence-corrected chi connectivity index (χ0v) is 31.8. The summed E-state index contributed by atoms with van der Waals surface area (Å²) in [4.78, 5) is 2.73. The molecule has 1 nitrogen and oxygen atoms in total. The van der Waals surface area contributed by atoms with Crippen molar-refractivity contribution in [1.82, 2.24) is 0 Å². The van der Waals surface area contributed by atoms with Crippen LogP contribution in [0.15, 0.2) is 188 Å². The third kappa shape index (κ3) is 3.65. The van der Waals surface area contributed by atoms with E-state index in [9.17, 15) is 0 Å². The van der Waals surface area contributed by atoms with Gasteiger partial charge in [-0.05, 0) is 126 Å². The van der Waals surface area contributed by atoms with Gasteiger partial charge in [-0.2, -0.15) is 0 Å². The first-order chi connectivity index (χ1) is 28.8. The van der Waals surface area contributed by atoms with E-state index in [1.807, 2.05) is 0 Å². The highest BCUT2D eigenvalue weighted by atomic mass is 15.2. The highest BCUT2D eigenvalue weighted by Gasteiger charge is 2.55. The predicted octanol–water partition coefficient (Wildman–Crippen LogP) is 15.2. The van der Waals surface area contributed by atoms with Crippen LogP contribution in [-0.2, 0) is 5.41 Å². The van der Waals surface area contributed by atoms with E-state index in [0.29, 0.717) is 0 Å². The van der Waals surface area contributed by atoms with Crippen LogP contribution < -0.4 is 4.90 Å². The van der Waals surface area contributed by atoms with Gasteiger partial charge < -0.3 is 4.90 Å². The molecule has 0 saturated carbocycles. The summed E-state index contributed by atoms with van der Waals surface area (Å²) in [5.74, 6) is 0. The van der Waals surface area contributed by atoms with Crippen molar-refractivity contribution in [3.05, 3.63) is 216 Å². The highest BCUT2D eigenvalue weighted by Crippen LogP contribution is 2.71. The van der Waals surface area contributed by atoms with Crippen LogP contribution in [0.3, 0.4) is 0 Å². The van der Waals surface area contributed by atoms with Gasteiger partial charge in [0, 0.05) is 21.9 Å². The smallest absolute Gasteiger partial charge is 0.0755 e. The lowest BCUT2D eigenvalue weighted by Crippen LogP contribution is -2.38. The topological polar surface area (TPSA) is 3.24 Å². The zero-order valence-electron chi connectivity index (χ0n) is 31.8. The minimum Gasteiger partial charge on any atom is -0.307 e. The van der Waals surface area contributed by atoms with E-state index in [1.54, 1.807) is 0 Å². The fourth-order valence-corrected chi connectivity index (χ4v) is 11.7. The summed E-state index contributed by atoms with van der Waals surface area (Å²) in [6.45, 7) is 0. The molecule has 0 N–H and O–H groups in total. The number of allylic oxidation sites excluding steroid dienone is 4. The molecule has 0 amide bonds. The number of benzene rings is 9. The molecule has 58 heavy (non-hydrogen) atoms. The second-order valence-corrected chi connectivity index (χ2v) is 16.6. The Balaban J connectivity index is 1.27. The lowest BCUT2D eigenvalue weighted by atomic mass is 9.61. The van der Waals surface area contributed by atoms with Gasteiger partial charge in [0.1, 0.15) is 0 Å². The van der Waals surface area contributed by atoms with Crippen LogP contribution in [0.4, 0.5) is 17.1 Å². The van der Waals surface area contributed by atoms with Gasteiger partial charge in [-0.15, -0.1) is 0 Å². The molecule has 0 bridgehead atoms. The largest absolute Gasteiger partial charge is 0.307 e. The average molecular weight is 734 g/mol. The molecule has 9 aromatic rings. The Morgan fingerprint density at radius 3 is 1.50 bits per heavy atom. The number of fused-ring (bicyclic) bond motifs is 9. The molecule has 5 aliphatic rings. The predicted molar refractivity (Wildman–Crippen MR) is 242 cm³/mol. The first-order valence-electron chi connectivity index (χ1n) is 20.7. The Morgan fingerprint density at radius 2 is 0.897 bits per heavy atom. The molecule has 0 radical (unpaired) electrons. The van der Waals surface area contributed by atoms with Crippen LogP contribution in [-0.4, -0.2) is 0 Å². The number of nitrogens with zero attached hydrogens (tertiary/aromatic N) is 1. The highest BCUT2D eigenvalue weighted by molar-refractivity contribution is 6.28. The van der Waals surface area contributed by atoms with Crippen molar-refractivity contribution in [2.24, 2.45) is 0 Å². The van der Waals surface area contributed by atoms with Gasteiger partial charge in [-0.3, -0.25) is 0 Å². The van der Waals surface area contributed by atoms with E-state index in [4.69, 9.17) is 0 Å². The molecule has 3 aliphatic heterocycles. The van der Waals surface area contributed by atoms with Crippen molar-refractivity contribution >= 4 is 44.2 Å². The van der Waals surface area contributed by atoms with Crippen LogP contribution >= 0.6 is 0 Å². The molecular weight excluding hydrogens is 699 g/mol. The van der Waals surface area contributed by atoms with Crippen molar-refractivity contribution in [3.63, 3.8) is 0 Å². The first-order valence-corrected chi connectivity index (χ1v) is 20.7. The van der Waals surface area contributed by atoms with Crippen molar-refractivity contribution in [2.75, 3.05) is 4.90 Å². The van der Waals surface area contributed by atoms with Crippen LogP contribution in [0, 0.1) is 0 Å². The Hall–Kier alpha value is -7.22. The molecule has 268 valence electrons. The number of rotatable bonds is 3. The zero-order chi connectivity index (χ0) is 37.7. The van der Waals surface area contributed by atoms with Gasteiger partial charge in [0.2, 0.25) is 0 Å². The Bertz CT molecular complexity index is 3340. The second kappa shape index (κ2) is 11.0. The number of hydrogen-bond donors (Lipinski definition) is 0. The molecule has 9 aromatic carbocycles. The van der Waals surface area contributed by atoms with Crippen molar-refractivity contribution in [1.29, 1.82) is 0 Å². The van der Waals surface area contributed by atoms with Gasteiger partial charge in [0.15, 0.2) is 0 Å². The molecule has 0 unspecified atom stereocenters. The van der Waals surface area contributed by atoms with E-state index >= 15 is 0 Å². The molecule has 0 atom stereocenters. The number of hydrogen-bond acceptors (Lipinski definition) is 1. The fraction of sp³-hybridized carbons (Fsp3) is 0.0526. The Morgan fingerprint density at radius 1 is 0.362 bits per heavy atom. The maximum Gasteiger partial charge on any atom is 0.0755 e. The normalized spacial score (nSPS) is 15.2. The maximum atomic E-state index is 2.73. The molecule has 3 heterocycles. The lowest BCUT2D eigenvalue weighted by Gasteiger charge is -2.50. The van der Waals surface area contributed by atoms with Crippen molar-refractivity contribution in [2.45, 2.75) is 18.3 Å². The quantitative estimate of drug-likeness (QED) is 0.175. The van der Waals surface area contributed by atoms with Crippen LogP contribution in [0.1, 0.15) is 40.7 Å². The summed E-state index contributed by atoms with van der Waals surface area (Å²) in [5.41, 5.74) is 24.4. The second-order valence-electron chi connectivity index (χ2n) is 16.6. The third-order valence-corrected chi connectivity index (χ3v) is 13.9. The van der Waals surface area contributed by atoms with Gasteiger partial charge in [0.05, 0.1) is 22.5 Å². The Kier molecular flexibility index (Phi) is 5.87.